The number of morpholine rings is 1. The Kier molecular flexibility index (Phi) is 5.77. The molecular weight excluding hydrogens is 282 g/mol. The Labute approximate surface area is 131 Å². The van der Waals surface area contributed by atoms with E-state index in [9.17, 15) is 5.11 Å². The van der Waals surface area contributed by atoms with Gasteiger partial charge in [0.15, 0.2) is 0 Å². The van der Waals surface area contributed by atoms with E-state index in [2.05, 4.69) is 19.9 Å². The van der Waals surface area contributed by atoms with Crippen molar-refractivity contribution in [1.29, 1.82) is 0 Å². The first-order valence-corrected chi connectivity index (χ1v) is 8.32. The zero-order valence-corrected chi connectivity index (χ0v) is 13.2. The van der Waals surface area contributed by atoms with Gasteiger partial charge in [0, 0.05) is 39.3 Å². The molecule has 0 unspecified atom stereocenters. The largest absolute Gasteiger partial charge is 0.390 e. The Morgan fingerprint density at radius 3 is 2.77 bits per heavy atom. The van der Waals surface area contributed by atoms with E-state index in [1.807, 2.05) is 4.68 Å². The van der Waals surface area contributed by atoms with Gasteiger partial charge in [-0.1, -0.05) is 0 Å². The van der Waals surface area contributed by atoms with Crippen LogP contribution in [-0.2, 0) is 11.3 Å². The van der Waals surface area contributed by atoms with Crippen molar-refractivity contribution in [2.75, 3.05) is 52.5 Å². The van der Waals surface area contributed by atoms with Crippen molar-refractivity contribution in [3.63, 3.8) is 0 Å². The standard InChI is InChI=1S/C15H27N5O2/c21-15(10-18-4-6-22-7-5-18)11-19-3-1-2-14(8-19)9-20-13-16-12-17-20/h12-15,21H,1-11H2/t14-,15+/m1/s1. The summed E-state index contributed by atoms with van der Waals surface area (Å²) in [6.45, 7) is 8.04. The molecule has 0 aromatic carbocycles. The van der Waals surface area contributed by atoms with Gasteiger partial charge in [-0.15, -0.1) is 0 Å². The van der Waals surface area contributed by atoms with E-state index < -0.39 is 0 Å². The molecular formula is C15H27N5O2. The molecule has 1 N–H and O–H groups in total. The van der Waals surface area contributed by atoms with Gasteiger partial charge in [0.25, 0.3) is 0 Å². The first-order chi connectivity index (χ1) is 10.8. The van der Waals surface area contributed by atoms with Gasteiger partial charge in [-0.3, -0.25) is 9.58 Å². The number of hydrogen-bond donors (Lipinski definition) is 1. The Hall–Kier alpha value is -1.02. The highest BCUT2D eigenvalue weighted by Crippen LogP contribution is 2.18. The Morgan fingerprint density at radius 1 is 1.18 bits per heavy atom. The molecule has 2 saturated heterocycles. The van der Waals surface area contributed by atoms with Crippen LogP contribution in [0.2, 0.25) is 0 Å². The van der Waals surface area contributed by atoms with Crippen LogP contribution in [0.4, 0.5) is 0 Å². The summed E-state index contributed by atoms with van der Waals surface area (Å²) in [7, 11) is 0. The van der Waals surface area contributed by atoms with Gasteiger partial charge >= 0.3 is 0 Å². The van der Waals surface area contributed by atoms with Gasteiger partial charge in [-0.25, -0.2) is 4.98 Å². The number of aliphatic hydroxyl groups excluding tert-OH is 1. The van der Waals surface area contributed by atoms with Gasteiger partial charge in [-0.2, -0.15) is 5.10 Å². The second kappa shape index (κ2) is 8.01. The quantitative estimate of drug-likeness (QED) is 0.777. The molecule has 3 rings (SSSR count). The van der Waals surface area contributed by atoms with E-state index in [0.717, 1.165) is 59.0 Å². The zero-order chi connectivity index (χ0) is 15.2. The predicted octanol–water partition coefficient (Wildman–Crippen LogP) is -0.317. The molecule has 0 bridgehead atoms. The molecule has 2 aliphatic heterocycles. The van der Waals surface area contributed by atoms with Crippen LogP contribution in [0.15, 0.2) is 12.7 Å². The van der Waals surface area contributed by atoms with Crippen molar-refractivity contribution in [1.82, 2.24) is 24.6 Å². The average Bonchev–Trinajstić information content (AvgIpc) is 3.01. The maximum atomic E-state index is 10.3. The second-order valence-corrected chi connectivity index (χ2v) is 6.45. The van der Waals surface area contributed by atoms with Crippen LogP contribution >= 0.6 is 0 Å². The fourth-order valence-corrected chi connectivity index (χ4v) is 3.50. The normalized spacial score (nSPS) is 26.1. The minimum absolute atomic E-state index is 0.275. The zero-order valence-electron chi connectivity index (χ0n) is 13.2. The van der Waals surface area contributed by atoms with Crippen molar-refractivity contribution in [3.8, 4) is 0 Å². The minimum Gasteiger partial charge on any atom is -0.390 e. The van der Waals surface area contributed by atoms with Crippen LogP contribution in [0.1, 0.15) is 12.8 Å². The highest BCUT2D eigenvalue weighted by atomic mass is 16.5. The molecule has 0 saturated carbocycles. The highest BCUT2D eigenvalue weighted by Gasteiger charge is 2.23. The maximum absolute atomic E-state index is 10.3. The molecule has 0 spiro atoms. The average molecular weight is 309 g/mol. The molecule has 7 nitrogen and oxygen atoms in total. The number of aliphatic hydroxyl groups is 1. The fraction of sp³-hybridized carbons (Fsp3) is 0.867. The fourth-order valence-electron chi connectivity index (χ4n) is 3.50. The first-order valence-electron chi connectivity index (χ1n) is 8.32. The molecule has 3 heterocycles. The summed E-state index contributed by atoms with van der Waals surface area (Å²) in [6, 6.07) is 0. The Bertz CT molecular complexity index is 422. The summed E-state index contributed by atoms with van der Waals surface area (Å²) >= 11 is 0. The van der Waals surface area contributed by atoms with Crippen LogP contribution in [-0.4, -0.2) is 88.3 Å². The molecule has 2 atom stereocenters. The molecule has 1 aromatic rings. The van der Waals surface area contributed by atoms with Crippen molar-refractivity contribution in [2.24, 2.45) is 5.92 Å². The van der Waals surface area contributed by atoms with Crippen molar-refractivity contribution in [2.45, 2.75) is 25.5 Å². The van der Waals surface area contributed by atoms with Gasteiger partial charge in [0.1, 0.15) is 12.7 Å². The third-order valence-corrected chi connectivity index (χ3v) is 4.56. The first kappa shape index (κ1) is 15.9. The highest BCUT2D eigenvalue weighted by molar-refractivity contribution is 4.77. The third-order valence-electron chi connectivity index (χ3n) is 4.56. The summed E-state index contributed by atoms with van der Waals surface area (Å²) in [6.07, 6.45) is 5.53. The van der Waals surface area contributed by atoms with Crippen LogP contribution in [0.25, 0.3) is 0 Å². The Balaban J connectivity index is 1.41. The summed E-state index contributed by atoms with van der Waals surface area (Å²) in [5.74, 6) is 0.603. The molecule has 0 radical (unpaired) electrons. The smallest absolute Gasteiger partial charge is 0.137 e. The Morgan fingerprint density at radius 2 is 2.00 bits per heavy atom. The molecule has 0 amide bonds. The molecule has 124 valence electrons. The van der Waals surface area contributed by atoms with E-state index in [1.165, 1.54) is 12.8 Å². The molecule has 2 aliphatic rings. The number of rotatable bonds is 6. The van der Waals surface area contributed by atoms with E-state index in [0.29, 0.717) is 5.92 Å². The van der Waals surface area contributed by atoms with Gasteiger partial charge < -0.3 is 14.7 Å². The van der Waals surface area contributed by atoms with E-state index in [4.69, 9.17) is 4.74 Å². The number of piperidine rings is 1. The van der Waals surface area contributed by atoms with E-state index in [-0.39, 0.29) is 6.10 Å². The lowest BCUT2D eigenvalue weighted by Crippen LogP contribution is -2.47. The van der Waals surface area contributed by atoms with Crippen LogP contribution in [0.5, 0.6) is 0 Å². The summed E-state index contributed by atoms with van der Waals surface area (Å²) in [5, 5.41) is 14.5. The molecule has 0 aliphatic carbocycles. The molecule has 7 heteroatoms. The van der Waals surface area contributed by atoms with Gasteiger partial charge in [0.05, 0.1) is 19.3 Å². The predicted molar refractivity (Wildman–Crippen MR) is 82.5 cm³/mol. The lowest BCUT2D eigenvalue weighted by Gasteiger charge is -2.35. The maximum Gasteiger partial charge on any atom is 0.137 e. The second-order valence-electron chi connectivity index (χ2n) is 6.45. The number of ether oxygens (including phenoxy) is 1. The lowest BCUT2D eigenvalue weighted by molar-refractivity contribution is 0.00292. The van der Waals surface area contributed by atoms with Crippen LogP contribution < -0.4 is 0 Å². The molecule has 22 heavy (non-hydrogen) atoms. The van der Waals surface area contributed by atoms with Crippen LogP contribution in [0, 0.1) is 5.92 Å². The van der Waals surface area contributed by atoms with E-state index in [1.54, 1.807) is 12.7 Å². The third kappa shape index (κ3) is 4.74. The summed E-state index contributed by atoms with van der Waals surface area (Å²) < 4.78 is 7.26. The number of hydrogen-bond acceptors (Lipinski definition) is 6. The van der Waals surface area contributed by atoms with Crippen molar-refractivity contribution < 1.29 is 9.84 Å². The number of nitrogens with zero attached hydrogens (tertiary/aromatic N) is 5. The summed E-state index contributed by atoms with van der Waals surface area (Å²) in [4.78, 5) is 8.70. The van der Waals surface area contributed by atoms with Gasteiger partial charge in [-0.05, 0) is 25.3 Å². The number of likely N-dealkylation sites (tertiary alicyclic amines) is 1. The lowest BCUT2D eigenvalue weighted by atomic mass is 9.98. The summed E-state index contributed by atoms with van der Waals surface area (Å²) in [5.41, 5.74) is 0. The monoisotopic (exact) mass is 309 g/mol. The van der Waals surface area contributed by atoms with E-state index >= 15 is 0 Å². The van der Waals surface area contributed by atoms with Crippen molar-refractivity contribution in [3.05, 3.63) is 12.7 Å². The topological polar surface area (TPSA) is 66.7 Å². The van der Waals surface area contributed by atoms with Gasteiger partial charge in [0.2, 0.25) is 0 Å². The SMILES string of the molecule is O[C@@H](CN1CCOCC1)CN1CCC[C@@H](Cn2cncn2)C1. The van der Waals surface area contributed by atoms with Crippen LogP contribution in [0.3, 0.4) is 0 Å². The number of β-amino-alcohol motifs (C(OH)–C–C–N with tert-alkyl or cyclic N) is 1. The van der Waals surface area contributed by atoms with Crippen molar-refractivity contribution >= 4 is 0 Å². The minimum atomic E-state index is -0.275. The number of aromatic nitrogens is 3. The molecule has 2 fully saturated rings. The molecule has 1 aromatic heterocycles.